The smallest absolute Gasteiger partial charge is 0.163 e. The Bertz CT molecular complexity index is 630. The van der Waals surface area contributed by atoms with Gasteiger partial charge in [0.25, 0.3) is 0 Å². The fourth-order valence-electron chi connectivity index (χ4n) is 2.68. The van der Waals surface area contributed by atoms with Crippen LogP contribution in [0.5, 0.6) is 0 Å². The Labute approximate surface area is 143 Å². The fraction of sp³-hybridized carbons (Fsp3) is 0.333. The van der Waals surface area contributed by atoms with Crippen molar-refractivity contribution in [2.24, 2.45) is 0 Å². The summed E-state index contributed by atoms with van der Waals surface area (Å²) in [5, 5.41) is 3.27. The molecule has 0 radical (unpaired) electrons. The molecule has 0 spiro atoms. The van der Waals surface area contributed by atoms with E-state index in [9.17, 15) is 8.78 Å². The zero-order valence-corrected chi connectivity index (χ0v) is 14.1. The molecule has 0 bridgehead atoms. The van der Waals surface area contributed by atoms with Crippen LogP contribution in [0.15, 0.2) is 30.3 Å². The van der Waals surface area contributed by atoms with E-state index in [0.29, 0.717) is 9.90 Å². The molecule has 22 heavy (non-hydrogen) atoms. The molecule has 2 heterocycles. The zero-order valence-electron chi connectivity index (χ0n) is 11.7. The molecule has 1 fully saturated rings. The van der Waals surface area contributed by atoms with Crippen molar-refractivity contribution in [3.63, 3.8) is 0 Å². The first-order chi connectivity index (χ1) is 10.2. The van der Waals surface area contributed by atoms with E-state index in [1.54, 1.807) is 18.2 Å². The van der Waals surface area contributed by atoms with Gasteiger partial charge in [-0.15, -0.1) is 23.7 Å². The molecule has 120 valence electrons. The van der Waals surface area contributed by atoms with E-state index in [1.807, 2.05) is 6.07 Å². The van der Waals surface area contributed by atoms with Gasteiger partial charge in [0.1, 0.15) is 0 Å². The summed E-state index contributed by atoms with van der Waals surface area (Å²) in [6.45, 7) is 3.26. The molecule has 0 saturated carbocycles. The maximum Gasteiger partial charge on any atom is 0.163 e. The number of nitrogens with zero attached hydrogens (tertiary/aromatic N) is 1. The Morgan fingerprint density at radius 1 is 1.14 bits per heavy atom. The predicted octanol–water partition coefficient (Wildman–Crippen LogP) is 4.10. The van der Waals surface area contributed by atoms with Gasteiger partial charge < -0.3 is 5.32 Å². The first-order valence-corrected chi connectivity index (χ1v) is 8.00. The molecule has 3 rings (SSSR count). The normalized spacial score (nSPS) is 17.0. The first-order valence-electron chi connectivity index (χ1n) is 6.81. The standard InChI is InChI=1S/C15H15ClF2N2S.ClH/c16-13-5-4-12(21-13)15(20-8-6-19-7-9-20)10-2-1-3-11(17)14(10)18;/h1-5,15,19H,6-9H2;1H/t15-;/m0./s1. The maximum absolute atomic E-state index is 14.3. The lowest BCUT2D eigenvalue weighted by Gasteiger charge is -2.34. The number of halogens is 4. The molecule has 1 atom stereocenters. The summed E-state index contributed by atoms with van der Waals surface area (Å²) in [4.78, 5) is 3.10. The van der Waals surface area contributed by atoms with E-state index in [0.717, 1.165) is 37.1 Å². The van der Waals surface area contributed by atoms with Gasteiger partial charge in [-0.05, 0) is 18.2 Å². The van der Waals surface area contributed by atoms with Crippen molar-refractivity contribution in [3.8, 4) is 0 Å². The average Bonchev–Trinajstić information content (AvgIpc) is 2.91. The number of rotatable bonds is 3. The van der Waals surface area contributed by atoms with E-state index in [2.05, 4.69) is 10.2 Å². The number of hydrogen-bond acceptors (Lipinski definition) is 3. The van der Waals surface area contributed by atoms with Crippen molar-refractivity contribution >= 4 is 35.3 Å². The molecule has 2 aromatic rings. The van der Waals surface area contributed by atoms with E-state index < -0.39 is 11.6 Å². The number of benzene rings is 1. The number of nitrogens with one attached hydrogen (secondary N) is 1. The van der Waals surface area contributed by atoms with E-state index in [-0.39, 0.29) is 18.4 Å². The highest BCUT2D eigenvalue weighted by Gasteiger charge is 2.28. The van der Waals surface area contributed by atoms with Gasteiger partial charge in [-0.3, -0.25) is 4.90 Å². The largest absolute Gasteiger partial charge is 0.314 e. The highest BCUT2D eigenvalue weighted by molar-refractivity contribution is 7.16. The second-order valence-corrected chi connectivity index (χ2v) is 6.72. The third-order valence-electron chi connectivity index (χ3n) is 3.66. The van der Waals surface area contributed by atoms with Crippen molar-refractivity contribution in [3.05, 3.63) is 56.7 Å². The summed E-state index contributed by atoms with van der Waals surface area (Å²) in [7, 11) is 0. The van der Waals surface area contributed by atoms with Crippen LogP contribution < -0.4 is 5.32 Å². The van der Waals surface area contributed by atoms with Crippen molar-refractivity contribution in [2.75, 3.05) is 26.2 Å². The maximum atomic E-state index is 14.3. The third-order valence-corrected chi connectivity index (χ3v) is 4.94. The molecular formula is C15H16Cl2F2N2S. The lowest BCUT2D eigenvalue weighted by Crippen LogP contribution is -2.45. The molecule has 7 heteroatoms. The number of piperazine rings is 1. The molecule has 1 aromatic heterocycles. The number of thiophene rings is 1. The Morgan fingerprint density at radius 3 is 2.50 bits per heavy atom. The van der Waals surface area contributed by atoms with Crippen LogP contribution in [0, 0.1) is 11.6 Å². The lowest BCUT2D eigenvalue weighted by molar-refractivity contribution is 0.197. The molecule has 1 saturated heterocycles. The van der Waals surface area contributed by atoms with Crippen LogP contribution >= 0.6 is 35.3 Å². The fourth-order valence-corrected chi connectivity index (χ4v) is 3.89. The summed E-state index contributed by atoms with van der Waals surface area (Å²) in [6, 6.07) is 7.75. The summed E-state index contributed by atoms with van der Waals surface area (Å²) >= 11 is 7.43. The quantitative estimate of drug-likeness (QED) is 0.881. The molecule has 0 amide bonds. The Kier molecular flexibility index (Phi) is 6.17. The summed E-state index contributed by atoms with van der Waals surface area (Å²) in [5.41, 5.74) is 0.371. The van der Waals surface area contributed by atoms with Crippen molar-refractivity contribution in [1.82, 2.24) is 10.2 Å². The van der Waals surface area contributed by atoms with E-state index in [1.165, 1.54) is 11.3 Å². The van der Waals surface area contributed by atoms with Crippen LogP contribution in [0.3, 0.4) is 0 Å². The van der Waals surface area contributed by atoms with Crippen molar-refractivity contribution < 1.29 is 8.78 Å². The molecule has 1 aliphatic heterocycles. The van der Waals surface area contributed by atoms with Crippen LogP contribution in [0.2, 0.25) is 4.34 Å². The molecule has 1 aromatic carbocycles. The second kappa shape index (κ2) is 7.70. The molecule has 0 unspecified atom stereocenters. The molecule has 2 nitrogen and oxygen atoms in total. The number of hydrogen-bond donors (Lipinski definition) is 1. The first kappa shape index (κ1) is 17.6. The van der Waals surface area contributed by atoms with Gasteiger partial charge >= 0.3 is 0 Å². The van der Waals surface area contributed by atoms with Crippen LogP contribution in [-0.4, -0.2) is 31.1 Å². The monoisotopic (exact) mass is 364 g/mol. The topological polar surface area (TPSA) is 15.3 Å². The third kappa shape index (κ3) is 3.60. The SMILES string of the molecule is Cl.Fc1cccc([C@@H](c2ccc(Cl)s2)N2CCNCC2)c1F. The van der Waals surface area contributed by atoms with Crippen molar-refractivity contribution in [1.29, 1.82) is 0 Å². The predicted molar refractivity (Wildman–Crippen MR) is 89.2 cm³/mol. The molecule has 1 aliphatic rings. The molecular weight excluding hydrogens is 349 g/mol. The average molecular weight is 365 g/mol. The van der Waals surface area contributed by atoms with Gasteiger partial charge in [-0.2, -0.15) is 0 Å². The van der Waals surface area contributed by atoms with Gasteiger partial charge in [0.15, 0.2) is 11.6 Å². The van der Waals surface area contributed by atoms with E-state index >= 15 is 0 Å². The molecule has 0 aliphatic carbocycles. The minimum Gasteiger partial charge on any atom is -0.314 e. The highest BCUT2D eigenvalue weighted by atomic mass is 35.5. The van der Waals surface area contributed by atoms with Crippen LogP contribution in [0.4, 0.5) is 8.78 Å². The van der Waals surface area contributed by atoms with Crippen LogP contribution in [-0.2, 0) is 0 Å². The second-order valence-electron chi connectivity index (χ2n) is 4.97. The van der Waals surface area contributed by atoms with Gasteiger partial charge in [-0.1, -0.05) is 23.7 Å². The van der Waals surface area contributed by atoms with Crippen LogP contribution in [0.1, 0.15) is 16.5 Å². The van der Waals surface area contributed by atoms with Gasteiger partial charge in [0.2, 0.25) is 0 Å². The van der Waals surface area contributed by atoms with Gasteiger partial charge in [0, 0.05) is 36.6 Å². The minimum absolute atomic E-state index is 0. The summed E-state index contributed by atoms with van der Waals surface area (Å²) in [5.74, 6) is -1.58. The Balaban J connectivity index is 0.00000176. The summed E-state index contributed by atoms with van der Waals surface area (Å²) < 4.78 is 28.5. The van der Waals surface area contributed by atoms with E-state index in [4.69, 9.17) is 11.6 Å². The zero-order chi connectivity index (χ0) is 14.8. The van der Waals surface area contributed by atoms with Gasteiger partial charge in [0.05, 0.1) is 10.4 Å². The van der Waals surface area contributed by atoms with Crippen LogP contribution in [0.25, 0.3) is 0 Å². The minimum atomic E-state index is -0.810. The highest BCUT2D eigenvalue weighted by Crippen LogP contribution is 2.36. The lowest BCUT2D eigenvalue weighted by atomic mass is 10.0. The summed E-state index contributed by atoms with van der Waals surface area (Å²) in [6.07, 6.45) is 0. The molecule has 1 N–H and O–H groups in total. The Morgan fingerprint density at radius 2 is 1.86 bits per heavy atom. The van der Waals surface area contributed by atoms with Crippen molar-refractivity contribution in [2.45, 2.75) is 6.04 Å². The van der Waals surface area contributed by atoms with Gasteiger partial charge in [-0.25, -0.2) is 8.78 Å². The Hall–Kier alpha value is -0.720.